The molecule has 1 amide bonds. The van der Waals surface area contributed by atoms with E-state index in [0.717, 1.165) is 16.7 Å². The maximum Gasteiger partial charge on any atom is 0.295 e. The molecule has 6 heteroatoms. The maximum absolute atomic E-state index is 13.0. The Balaban J connectivity index is 2.18. The molecular formula is C24H28N2O4. The number of Topliss-reactive ketones (excluding diaryl/α,β-unsaturated/α-hetero) is 1. The average molecular weight is 408 g/mol. The topological polar surface area (TPSA) is 70.1 Å². The van der Waals surface area contributed by atoms with E-state index in [0.29, 0.717) is 24.4 Å². The van der Waals surface area contributed by atoms with Gasteiger partial charge in [0.2, 0.25) is 0 Å². The molecule has 0 aromatic heterocycles. The monoisotopic (exact) mass is 408 g/mol. The second-order valence-corrected chi connectivity index (χ2v) is 7.89. The van der Waals surface area contributed by atoms with Crippen LogP contribution >= 0.6 is 0 Å². The van der Waals surface area contributed by atoms with Crippen molar-refractivity contribution in [2.75, 3.05) is 34.3 Å². The fourth-order valence-electron chi connectivity index (χ4n) is 3.69. The highest BCUT2D eigenvalue weighted by atomic mass is 16.5. The van der Waals surface area contributed by atoms with Gasteiger partial charge in [0.15, 0.2) is 0 Å². The Bertz CT molecular complexity index is 993. The van der Waals surface area contributed by atoms with Crippen LogP contribution < -0.4 is 4.74 Å². The number of benzene rings is 2. The molecule has 6 nitrogen and oxygen atoms in total. The van der Waals surface area contributed by atoms with E-state index in [4.69, 9.17) is 4.74 Å². The molecule has 0 spiro atoms. The normalized spacial score (nSPS) is 18.3. The van der Waals surface area contributed by atoms with Gasteiger partial charge in [-0.2, -0.15) is 0 Å². The van der Waals surface area contributed by atoms with Gasteiger partial charge < -0.3 is 19.6 Å². The van der Waals surface area contributed by atoms with Crippen molar-refractivity contribution in [3.05, 3.63) is 70.3 Å². The number of rotatable bonds is 6. The molecule has 2 aromatic rings. The predicted octanol–water partition coefficient (Wildman–Crippen LogP) is 3.30. The van der Waals surface area contributed by atoms with Crippen molar-refractivity contribution in [3.8, 4) is 5.75 Å². The number of aryl methyl sites for hydroxylation is 2. The number of carbonyl (C=O) groups is 2. The molecule has 0 bridgehead atoms. The molecule has 1 aliphatic heterocycles. The molecule has 0 aliphatic carbocycles. The number of hydrogen-bond acceptors (Lipinski definition) is 5. The van der Waals surface area contributed by atoms with Crippen molar-refractivity contribution in [3.63, 3.8) is 0 Å². The zero-order chi connectivity index (χ0) is 22.0. The van der Waals surface area contributed by atoms with Crippen molar-refractivity contribution >= 4 is 17.4 Å². The quantitative estimate of drug-likeness (QED) is 0.451. The summed E-state index contributed by atoms with van der Waals surface area (Å²) in [5.74, 6) is -0.709. The smallest absolute Gasteiger partial charge is 0.295 e. The summed E-state index contributed by atoms with van der Waals surface area (Å²) in [5.41, 5.74) is 3.24. The molecule has 2 aromatic carbocycles. The largest absolute Gasteiger partial charge is 0.507 e. The number of likely N-dealkylation sites (N-methyl/N-ethyl adjacent to an activating group) is 1. The van der Waals surface area contributed by atoms with Crippen molar-refractivity contribution in [1.29, 1.82) is 0 Å². The van der Waals surface area contributed by atoms with Crippen LogP contribution in [0.5, 0.6) is 5.75 Å². The van der Waals surface area contributed by atoms with E-state index in [-0.39, 0.29) is 11.3 Å². The summed E-state index contributed by atoms with van der Waals surface area (Å²) in [7, 11) is 5.41. The van der Waals surface area contributed by atoms with E-state index in [1.54, 1.807) is 24.1 Å². The van der Waals surface area contributed by atoms with E-state index in [1.807, 2.05) is 63.2 Å². The number of nitrogens with zero attached hydrogens (tertiary/aromatic N) is 2. The Morgan fingerprint density at radius 3 is 2.37 bits per heavy atom. The summed E-state index contributed by atoms with van der Waals surface area (Å²) >= 11 is 0. The SMILES string of the molecule is COc1ccc([C@@H]2C(=C(O)c3cc(C)ccc3C)C(=O)C(=O)N2CCN(C)C)cc1. The third-order valence-corrected chi connectivity index (χ3v) is 5.41. The number of aliphatic hydroxyl groups excluding tert-OH is 1. The average Bonchev–Trinajstić information content (AvgIpc) is 2.98. The lowest BCUT2D eigenvalue weighted by molar-refractivity contribution is -0.140. The molecule has 1 N–H and O–H groups in total. The zero-order valence-corrected chi connectivity index (χ0v) is 18.1. The van der Waals surface area contributed by atoms with Crippen LogP contribution in [0, 0.1) is 13.8 Å². The van der Waals surface area contributed by atoms with E-state index in [2.05, 4.69) is 0 Å². The molecular weight excluding hydrogens is 380 g/mol. The van der Waals surface area contributed by atoms with Crippen LogP contribution in [-0.4, -0.2) is 60.9 Å². The molecule has 1 saturated heterocycles. The molecule has 1 heterocycles. The second kappa shape index (κ2) is 8.71. The molecule has 1 aliphatic rings. The molecule has 30 heavy (non-hydrogen) atoms. The lowest BCUT2D eigenvalue weighted by atomic mass is 9.93. The molecule has 0 radical (unpaired) electrons. The summed E-state index contributed by atoms with van der Waals surface area (Å²) in [6.45, 7) is 4.77. The first-order valence-electron chi connectivity index (χ1n) is 9.89. The number of hydrogen-bond donors (Lipinski definition) is 1. The van der Waals surface area contributed by atoms with Crippen molar-refractivity contribution in [2.24, 2.45) is 0 Å². The van der Waals surface area contributed by atoms with Gasteiger partial charge in [0.1, 0.15) is 11.5 Å². The minimum atomic E-state index is -0.659. The van der Waals surface area contributed by atoms with Gasteiger partial charge in [0.05, 0.1) is 18.7 Å². The summed E-state index contributed by atoms with van der Waals surface area (Å²) in [5, 5.41) is 11.2. The highest BCUT2D eigenvalue weighted by Gasteiger charge is 2.46. The number of ether oxygens (including phenoxy) is 1. The number of methoxy groups -OCH3 is 1. The minimum Gasteiger partial charge on any atom is -0.507 e. The number of aliphatic hydroxyl groups is 1. The van der Waals surface area contributed by atoms with Gasteiger partial charge in [-0.15, -0.1) is 0 Å². The van der Waals surface area contributed by atoms with Gasteiger partial charge in [-0.05, 0) is 57.3 Å². The van der Waals surface area contributed by atoms with Crippen LogP contribution in [0.15, 0.2) is 48.0 Å². The fraction of sp³-hybridized carbons (Fsp3) is 0.333. The van der Waals surface area contributed by atoms with Gasteiger partial charge >= 0.3 is 0 Å². The van der Waals surface area contributed by atoms with Crippen molar-refractivity contribution < 1.29 is 19.4 Å². The van der Waals surface area contributed by atoms with Crippen LogP contribution in [0.4, 0.5) is 0 Å². The van der Waals surface area contributed by atoms with Crippen LogP contribution in [0.1, 0.15) is 28.3 Å². The first-order chi connectivity index (χ1) is 14.2. The number of likely N-dealkylation sites (tertiary alicyclic amines) is 1. The molecule has 1 fully saturated rings. The van der Waals surface area contributed by atoms with Crippen LogP contribution in [0.2, 0.25) is 0 Å². The van der Waals surface area contributed by atoms with E-state index >= 15 is 0 Å². The second-order valence-electron chi connectivity index (χ2n) is 7.89. The maximum atomic E-state index is 13.0. The Hall–Kier alpha value is -3.12. The van der Waals surface area contributed by atoms with E-state index < -0.39 is 17.7 Å². The highest BCUT2D eigenvalue weighted by molar-refractivity contribution is 6.46. The van der Waals surface area contributed by atoms with E-state index in [1.165, 1.54) is 0 Å². The number of carbonyl (C=O) groups excluding carboxylic acids is 2. The van der Waals surface area contributed by atoms with Crippen LogP contribution in [0.25, 0.3) is 5.76 Å². The van der Waals surface area contributed by atoms with Gasteiger partial charge in [0.25, 0.3) is 11.7 Å². The number of amides is 1. The van der Waals surface area contributed by atoms with Gasteiger partial charge in [-0.25, -0.2) is 0 Å². The van der Waals surface area contributed by atoms with Gasteiger partial charge in [0, 0.05) is 18.7 Å². The predicted molar refractivity (Wildman–Crippen MR) is 116 cm³/mol. The van der Waals surface area contributed by atoms with Crippen molar-refractivity contribution in [2.45, 2.75) is 19.9 Å². The summed E-state index contributed by atoms with van der Waals surface area (Å²) in [6, 6.07) is 12.3. The first kappa shape index (κ1) is 21.6. The Morgan fingerprint density at radius 1 is 1.10 bits per heavy atom. The summed E-state index contributed by atoms with van der Waals surface area (Å²) in [4.78, 5) is 29.4. The lowest BCUT2D eigenvalue weighted by Crippen LogP contribution is -2.35. The summed E-state index contributed by atoms with van der Waals surface area (Å²) < 4.78 is 5.24. The first-order valence-corrected chi connectivity index (χ1v) is 9.89. The Morgan fingerprint density at radius 2 is 1.77 bits per heavy atom. The third kappa shape index (κ3) is 4.09. The zero-order valence-electron chi connectivity index (χ0n) is 18.1. The third-order valence-electron chi connectivity index (χ3n) is 5.41. The Kier molecular flexibility index (Phi) is 6.27. The minimum absolute atomic E-state index is 0.123. The van der Waals surface area contributed by atoms with Crippen molar-refractivity contribution in [1.82, 2.24) is 9.80 Å². The molecule has 3 rings (SSSR count). The number of ketones is 1. The Labute approximate surface area is 177 Å². The van der Waals surface area contributed by atoms with Gasteiger partial charge in [-0.1, -0.05) is 29.8 Å². The molecule has 0 saturated carbocycles. The highest BCUT2D eigenvalue weighted by Crippen LogP contribution is 2.40. The van der Waals surface area contributed by atoms with Crippen LogP contribution in [0.3, 0.4) is 0 Å². The summed E-state index contributed by atoms with van der Waals surface area (Å²) in [6.07, 6.45) is 0. The standard InChI is InChI=1S/C24H28N2O4/c1-15-6-7-16(2)19(14-15)22(27)20-21(17-8-10-18(30-5)11-9-17)26(13-12-25(3)4)24(29)23(20)28/h6-11,14,21,27H,12-13H2,1-5H3/t21-/m1/s1. The van der Waals surface area contributed by atoms with Crippen LogP contribution in [-0.2, 0) is 9.59 Å². The molecule has 158 valence electrons. The molecule has 0 unspecified atom stereocenters. The lowest BCUT2D eigenvalue weighted by Gasteiger charge is -2.26. The van der Waals surface area contributed by atoms with E-state index in [9.17, 15) is 14.7 Å². The van der Waals surface area contributed by atoms with Gasteiger partial charge in [-0.3, -0.25) is 9.59 Å². The molecule has 1 atom stereocenters. The fourth-order valence-corrected chi connectivity index (χ4v) is 3.69.